The third-order valence-corrected chi connectivity index (χ3v) is 4.38. The van der Waals surface area contributed by atoms with Crippen molar-refractivity contribution in [3.63, 3.8) is 0 Å². The van der Waals surface area contributed by atoms with Crippen LogP contribution in [0.2, 0.25) is 0 Å². The van der Waals surface area contributed by atoms with Crippen molar-refractivity contribution in [1.29, 1.82) is 0 Å². The van der Waals surface area contributed by atoms with Crippen LogP contribution in [0, 0.1) is 0 Å². The molecule has 25 heavy (non-hydrogen) atoms. The molecule has 1 unspecified atom stereocenters. The molecule has 0 aliphatic heterocycles. The lowest BCUT2D eigenvalue weighted by Crippen LogP contribution is -2.51. The zero-order valence-corrected chi connectivity index (χ0v) is 15.3. The van der Waals surface area contributed by atoms with Crippen molar-refractivity contribution < 1.29 is 28.2 Å². The maximum atomic E-state index is 12.6. The van der Waals surface area contributed by atoms with Crippen molar-refractivity contribution in [3.05, 3.63) is 12.2 Å². The predicted molar refractivity (Wildman–Crippen MR) is 93.5 cm³/mol. The second-order valence-electron chi connectivity index (χ2n) is 6.66. The van der Waals surface area contributed by atoms with E-state index >= 15 is 0 Å². The molecule has 0 bridgehead atoms. The molecular formula is C19H33F3O3. The van der Waals surface area contributed by atoms with Crippen LogP contribution in [0.5, 0.6) is 0 Å². The number of aliphatic hydroxyl groups is 1. The van der Waals surface area contributed by atoms with Gasteiger partial charge in [-0.15, -0.1) is 0 Å². The predicted octanol–water partition coefficient (Wildman–Crippen LogP) is 6.01. The summed E-state index contributed by atoms with van der Waals surface area (Å²) in [6.07, 6.45) is 10.3. The zero-order valence-electron chi connectivity index (χ0n) is 15.3. The molecule has 6 heteroatoms. The van der Waals surface area contributed by atoms with Crippen LogP contribution in [0.4, 0.5) is 13.2 Å². The highest BCUT2D eigenvalue weighted by atomic mass is 19.4. The van der Waals surface area contributed by atoms with Crippen molar-refractivity contribution in [2.24, 2.45) is 0 Å². The van der Waals surface area contributed by atoms with Gasteiger partial charge >= 0.3 is 12.1 Å². The first-order valence-electron chi connectivity index (χ1n) is 9.43. The molecule has 0 fully saturated rings. The SMILES string of the molecule is CCCCCCCCCCCCC/C=C/CC(O)(C(=O)O)C(F)(F)F. The minimum Gasteiger partial charge on any atom is -0.479 e. The summed E-state index contributed by atoms with van der Waals surface area (Å²) in [5.41, 5.74) is -3.69. The van der Waals surface area contributed by atoms with Gasteiger partial charge in [-0.3, -0.25) is 0 Å². The van der Waals surface area contributed by atoms with Crippen LogP contribution in [-0.2, 0) is 4.79 Å². The smallest absolute Gasteiger partial charge is 0.428 e. The highest BCUT2D eigenvalue weighted by Gasteiger charge is 2.59. The standard InChI is InChI=1S/C19H33F3O3/c1-2-3-4-5-6-7-8-9-10-11-12-13-14-15-16-18(25,17(23)24)19(20,21)22/h14-15,25H,2-13,16H2,1H3,(H,23,24)/b15-14+. The fraction of sp³-hybridized carbons (Fsp3) is 0.842. The molecule has 0 amide bonds. The van der Waals surface area contributed by atoms with Gasteiger partial charge in [-0.1, -0.05) is 83.3 Å². The van der Waals surface area contributed by atoms with Gasteiger partial charge in [0, 0.05) is 6.42 Å². The molecule has 148 valence electrons. The molecule has 0 radical (unpaired) electrons. The minimum atomic E-state index is -5.18. The molecule has 3 nitrogen and oxygen atoms in total. The van der Waals surface area contributed by atoms with Gasteiger partial charge < -0.3 is 10.2 Å². The molecule has 0 heterocycles. The third kappa shape index (κ3) is 10.5. The average molecular weight is 366 g/mol. The molecule has 1 atom stereocenters. The Kier molecular flexibility index (Phi) is 12.7. The molecule has 0 aromatic heterocycles. The van der Waals surface area contributed by atoms with E-state index in [0.29, 0.717) is 6.42 Å². The highest BCUT2D eigenvalue weighted by molar-refractivity contribution is 5.78. The van der Waals surface area contributed by atoms with E-state index in [1.165, 1.54) is 57.4 Å². The van der Waals surface area contributed by atoms with Crippen LogP contribution in [0.3, 0.4) is 0 Å². The van der Waals surface area contributed by atoms with Crippen molar-refractivity contribution in [3.8, 4) is 0 Å². The molecule has 0 aliphatic carbocycles. The van der Waals surface area contributed by atoms with Gasteiger partial charge in [0.2, 0.25) is 0 Å². The number of rotatable bonds is 15. The van der Waals surface area contributed by atoms with Gasteiger partial charge in [-0.05, 0) is 12.8 Å². The van der Waals surface area contributed by atoms with E-state index in [2.05, 4.69) is 6.92 Å². The van der Waals surface area contributed by atoms with Gasteiger partial charge in [0.15, 0.2) is 0 Å². The van der Waals surface area contributed by atoms with E-state index in [4.69, 9.17) is 5.11 Å². The second kappa shape index (κ2) is 13.2. The van der Waals surface area contributed by atoms with E-state index in [1.807, 2.05) is 0 Å². The summed E-state index contributed by atoms with van der Waals surface area (Å²) in [5.74, 6) is -2.26. The number of hydrogen-bond donors (Lipinski definition) is 2. The molecule has 0 aromatic carbocycles. The van der Waals surface area contributed by atoms with Gasteiger partial charge in [-0.25, -0.2) is 4.79 Å². The Bertz CT molecular complexity index is 381. The van der Waals surface area contributed by atoms with Crippen LogP contribution in [0.1, 0.15) is 90.4 Å². The lowest BCUT2D eigenvalue weighted by molar-refractivity contribution is -0.258. The molecular weight excluding hydrogens is 333 g/mol. The second-order valence-corrected chi connectivity index (χ2v) is 6.66. The number of carboxylic acids is 1. The molecule has 0 rings (SSSR count). The summed E-state index contributed by atoms with van der Waals surface area (Å²) in [6, 6.07) is 0. The van der Waals surface area contributed by atoms with E-state index in [1.54, 1.807) is 0 Å². The lowest BCUT2D eigenvalue weighted by atomic mass is 9.98. The van der Waals surface area contributed by atoms with E-state index in [0.717, 1.165) is 25.3 Å². The Morgan fingerprint density at radius 1 is 0.840 bits per heavy atom. The minimum absolute atomic E-state index is 0.602. The summed E-state index contributed by atoms with van der Waals surface area (Å²) in [5, 5.41) is 17.8. The first-order valence-corrected chi connectivity index (χ1v) is 9.43. The molecule has 0 spiro atoms. The number of aliphatic carboxylic acids is 1. The summed E-state index contributed by atoms with van der Waals surface area (Å²) in [7, 11) is 0. The zero-order chi connectivity index (χ0) is 19.2. The van der Waals surface area contributed by atoms with Crippen LogP contribution in [0.15, 0.2) is 12.2 Å². The molecule has 0 saturated heterocycles. The summed E-state index contributed by atoms with van der Waals surface area (Å²) >= 11 is 0. The average Bonchev–Trinajstić information content (AvgIpc) is 2.53. The number of allylic oxidation sites excluding steroid dienone is 1. The van der Waals surface area contributed by atoms with Crippen LogP contribution in [-0.4, -0.2) is 28.0 Å². The molecule has 2 N–H and O–H groups in total. The third-order valence-electron chi connectivity index (χ3n) is 4.38. The Morgan fingerprint density at radius 3 is 1.68 bits per heavy atom. The first kappa shape index (κ1) is 24.0. The molecule has 0 saturated carbocycles. The van der Waals surface area contributed by atoms with Gasteiger partial charge in [0.1, 0.15) is 0 Å². The Balaban J connectivity index is 3.65. The maximum absolute atomic E-state index is 12.6. The fourth-order valence-electron chi connectivity index (χ4n) is 2.62. The molecule has 0 aliphatic rings. The van der Waals surface area contributed by atoms with E-state index in [-0.39, 0.29) is 0 Å². The highest BCUT2D eigenvalue weighted by Crippen LogP contribution is 2.33. The topological polar surface area (TPSA) is 57.5 Å². The van der Waals surface area contributed by atoms with Gasteiger partial charge in [0.25, 0.3) is 5.60 Å². The van der Waals surface area contributed by atoms with E-state index < -0.39 is 24.2 Å². The quantitative estimate of drug-likeness (QED) is 0.275. The monoisotopic (exact) mass is 366 g/mol. The fourth-order valence-corrected chi connectivity index (χ4v) is 2.62. The largest absolute Gasteiger partial charge is 0.479 e. The number of unbranched alkanes of at least 4 members (excludes halogenated alkanes) is 11. The van der Waals surface area contributed by atoms with Crippen molar-refractivity contribution in [1.82, 2.24) is 0 Å². The van der Waals surface area contributed by atoms with Crippen molar-refractivity contribution >= 4 is 5.97 Å². The number of carboxylic acid groups (broad SMARTS) is 1. The Morgan fingerprint density at radius 2 is 1.28 bits per heavy atom. The van der Waals surface area contributed by atoms with Gasteiger partial charge in [0.05, 0.1) is 0 Å². The van der Waals surface area contributed by atoms with Crippen LogP contribution >= 0.6 is 0 Å². The van der Waals surface area contributed by atoms with Crippen LogP contribution < -0.4 is 0 Å². The number of alkyl halides is 3. The summed E-state index contributed by atoms with van der Waals surface area (Å²) in [6.45, 7) is 2.21. The van der Waals surface area contributed by atoms with Crippen molar-refractivity contribution in [2.75, 3.05) is 0 Å². The Labute approximate surface area is 149 Å². The number of hydrogen-bond acceptors (Lipinski definition) is 2. The normalized spacial score (nSPS) is 14.8. The molecule has 0 aromatic rings. The number of carbonyl (C=O) groups is 1. The maximum Gasteiger partial charge on any atom is 0.428 e. The summed E-state index contributed by atoms with van der Waals surface area (Å²) in [4.78, 5) is 10.6. The summed E-state index contributed by atoms with van der Waals surface area (Å²) < 4.78 is 37.7. The van der Waals surface area contributed by atoms with Crippen LogP contribution in [0.25, 0.3) is 0 Å². The van der Waals surface area contributed by atoms with Gasteiger partial charge in [-0.2, -0.15) is 13.2 Å². The van der Waals surface area contributed by atoms with Crippen molar-refractivity contribution in [2.45, 2.75) is 102 Å². The first-order chi connectivity index (χ1) is 11.8. The Hall–Kier alpha value is -1.04. The lowest BCUT2D eigenvalue weighted by Gasteiger charge is -2.24. The number of halogens is 3. The van der Waals surface area contributed by atoms with E-state index in [9.17, 15) is 23.1 Å².